The Hall–Kier alpha value is -1.66. The van der Waals surface area contributed by atoms with Gasteiger partial charge in [-0.1, -0.05) is 24.6 Å². The van der Waals surface area contributed by atoms with Crippen LogP contribution in [-0.2, 0) is 16.1 Å². The Kier molecular flexibility index (Phi) is 7.20. The van der Waals surface area contributed by atoms with Gasteiger partial charge in [0.1, 0.15) is 5.82 Å². The van der Waals surface area contributed by atoms with Crippen LogP contribution in [0.15, 0.2) is 18.2 Å². The minimum Gasteiger partial charge on any atom is -0.369 e. The molecule has 137 valence electrons. The first-order valence-electron chi connectivity index (χ1n) is 8.45. The van der Waals surface area contributed by atoms with Crippen molar-refractivity contribution < 1.29 is 14.0 Å². The van der Waals surface area contributed by atoms with E-state index in [0.717, 1.165) is 13.0 Å². The molecule has 1 radical (unpaired) electrons. The second kappa shape index (κ2) is 9.15. The van der Waals surface area contributed by atoms with Crippen LogP contribution in [-0.4, -0.2) is 47.8 Å². The Labute approximate surface area is 152 Å². The van der Waals surface area contributed by atoms with Crippen LogP contribution in [0.2, 0.25) is 5.02 Å². The summed E-state index contributed by atoms with van der Waals surface area (Å²) < 4.78 is 13.9. The third-order valence-corrected chi connectivity index (χ3v) is 4.83. The zero-order valence-electron chi connectivity index (χ0n) is 14.4. The third-order valence-electron chi connectivity index (χ3n) is 4.48. The maximum atomic E-state index is 13.9. The van der Waals surface area contributed by atoms with Crippen LogP contribution >= 0.6 is 11.6 Å². The van der Waals surface area contributed by atoms with Crippen LogP contribution in [0.25, 0.3) is 0 Å². The Morgan fingerprint density at radius 2 is 2.08 bits per heavy atom. The number of carbonyl (C=O) groups excluding carboxylic acids is 2. The smallest absolute Gasteiger partial charge is 0.226 e. The van der Waals surface area contributed by atoms with Crippen LogP contribution < -0.4 is 5.73 Å². The summed E-state index contributed by atoms with van der Waals surface area (Å²) in [6, 6.07) is 4.68. The van der Waals surface area contributed by atoms with Gasteiger partial charge < -0.3 is 10.6 Å². The molecule has 0 unspecified atom stereocenters. The van der Waals surface area contributed by atoms with Gasteiger partial charge in [0.15, 0.2) is 0 Å². The highest BCUT2D eigenvalue weighted by Crippen LogP contribution is 2.21. The van der Waals surface area contributed by atoms with Crippen molar-refractivity contribution in [3.8, 4) is 0 Å². The van der Waals surface area contributed by atoms with Gasteiger partial charge >= 0.3 is 0 Å². The van der Waals surface area contributed by atoms with E-state index >= 15 is 0 Å². The molecule has 1 atom stereocenters. The van der Waals surface area contributed by atoms with E-state index in [1.54, 1.807) is 24.0 Å². The average Bonchev–Trinajstić information content (AvgIpc) is 2.81. The van der Waals surface area contributed by atoms with Crippen LogP contribution in [0, 0.1) is 18.2 Å². The number of hydrogen-bond donors (Lipinski definition) is 1. The van der Waals surface area contributed by atoms with Gasteiger partial charge in [-0.25, -0.2) is 4.39 Å². The lowest BCUT2D eigenvalue weighted by atomic mass is 10.0. The monoisotopic (exact) mass is 368 g/mol. The molecule has 0 spiro atoms. The number of rotatable bonds is 6. The number of halogens is 2. The molecule has 0 bridgehead atoms. The van der Waals surface area contributed by atoms with E-state index in [1.807, 2.05) is 0 Å². The fourth-order valence-electron chi connectivity index (χ4n) is 2.78. The number of amides is 2. The quantitative estimate of drug-likeness (QED) is 0.837. The van der Waals surface area contributed by atoms with Crippen molar-refractivity contribution in [3.63, 3.8) is 0 Å². The molecule has 1 fully saturated rings. The topological polar surface area (TPSA) is 66.6 Å². The van der Waals surface area contributed by atoms with E-state index in [1.165, 1.54) is 12.5 Å². The molecule has 2 N–H and O–H groups in total. The van der Waals surface area contributed by atoms with Gasteiger partial charge in [-0.2, -0.15) is 0 Å². The van der Waals surface area contributed by atoms with Crippen molar-refractivity contribution in [1.29, 1.82) is 0 Å². The van der Waals surface area contributed by atoms with Crippen molar-refractivity contribution in [2.24, 2.45) is 11.7 Å². The standard InChI is InChI=1S/C18H24ClFN3O2/c1-13(18(21)25)6-7-17(24)23-9-3-8-22(10-11-23)12-14-15(19)4-2-5-16(14)20/h2,4-5,7,13H,3,6,8-12H2,1H3,(H2,21,25)/t13-/m0/s1. The van der Waals surface area contributed by atoms with Crippen molar-refractivity contribution in [3.05, 3.63) is 41.0 Å². The molecule has 2 amide bonds. The van der Waals surface area contributed by atoms with E-state index in [0.29, 0.717) is 43.2 Å². The van der Waals surface area contributed by atoms with Gasteiger partial charge in [0.05, 0.1) is 6.42 Å². The summed E-state index contributed by atoms with van der Waals surface area (Å²) in [4.78, 5) is 27.2. The molecule has 0 saturated carbocycles. The number of benzene rings is 1. The van der Waals surface area contributed by atoms with E-state index in [4.69, 9.17) is 17.3 Å². The number of primary amides is 1. The summed E-state index contributed by atoms with van der Waals surface area (Å²) in [7, 11) is 0. The zero-order valence-corrected chi connectivity index (χ0v) is 15.1. The van der Waals surface area contributed by atoms with E-state index in [9.17, 15) is 14.0 Å². The first-order chi connectivity index (χ1) is 11.9. The molecule has 0 aliphatic carbocycles. The lowest BCUT2D eigenvalue weighted by Crippen LogP contribution is -2.36. The average molecular weight is 369 g/mol. The predicted molar refractivity (Wildman–Crippen MR) is 95.2 cm³/mol. The molecule has 1 aliphatic rings. The highest BCUT2D eigenvalue weighted by Gasteiger charge is 2.21. The Morgan fingerprint density at radius 3 is 2.76 bits per heavy atom. The molecule has 1 aromatic carbocycles. The summed E-state index contributed by atoms with van der Waals surface area (Å²) in [6.07, 6.45) is 2.68. The maximum Gasteiger partial charge on any atom is 0.226 e. The molecule has 2 rings (SSSR count). The molecule has 1 aromatic rings. The highest BCUT2D eigenvalue weighted by atomic mass is 35.5. The van der Waals surface area contributed by atoms with Crippen LogP contribution in [0.3, 0.4) is 0 Å². The van der Waals surface area contributed by atoms with Crippen molar-refractivity contribution >= 4 is 23.4 Å². The lowest BCUT2D eigenvalue weighted by molar-refractivity contribution is -0.127. The van der Waals surface area contributed by atoms with Gasteiger partial charge in [0.25, 0.3) is 0 Å². The molecule has 7 heteroatoms. The maximum absolute atomic E-state index is 13.9. The molecule has 5 nitrogen and oxygen atoms in total. The van der Waals surface area contributed by atoms with Crippen molar-refractivity contribution in [2.75, 3.05) is 26.2 Å². The van der Waals surface area contributed by atoms with Crippen molar-refractivity contribution in [1.82, 2.24) is 9.80 Å². The fourth-order valence-corrected chi connectivity index (χ4v) is 3.00. The number of nitrogens with zero attached hydrogens (tertiary/aromatic N) is 2. The zero-order chi connectivity index (χ0) is 18.4. The van der Waals surface area contributed by atoms with E-state index in [2.05, 4.69) is 4.90 Å². The first kappa shape index (κ1) is 19.7. The fraction of sp³-hybridized carbons (Fsp3) is 0.500. The molecular formula is C18H24ClFN3O2. The summed E-state index contributed by atoms with van der Waals surface area (Å²) in [5.74, 6) is -1.15. The summed E-state index contributed by atoms with van der Waals surface area (Å²) >= 11 is 6.09. The Balaban J connectivity index is 1.87. The molecule has 25 heavy (non-hydrogen) atoms. The van der Waals surface area contributed by atoms with Gasteiger partial charge in [-0.05, 0) is 25.0 Å². The van der Waals surface area contributed by atoms with Crippen LogP contribution in [0.5, 0.6) is 0 Å². The van der Waals surface area contributed by atoms with Gasteiger partial charge in [0.2, 0.25) is 11.8 Å². The predicted octanol–water partition coefficient (Wildman–Crippen LogP) is 2.23. The molecule has 0 aromatic heterocycles. The third kappa shape index (κ3) is 5.68. The van der Waals surface area contributed by atoms with Crippen molar-refractivity contribution in [2.45, 2.75) is 26.3 Å². The minimum absolute atomic E-state index is 0.0844. The SMILES string of the molecule is C[C@@H](C[CH]C(=O)N1CCCN(Cc2c(F)cccc2Cl)CC1)C(N)=O. The number of carbonyl (C=O) groups is 2. The van der Waals surface area contributed by atoms with Gasteiger partial charge in [0, 0.05) is 49.2 Å². The Morgan fingerprint density at radius 1 is 1.32 bits per heavy atom. The largest absolute Gasteiger partial charge is 0.369 e. The highest BCUT2D eigenvalue weighted by molar-refractivity contribution is 6.31. The van der Waals surface area contributed by atoms with E-state index < -0.39 is 5.91 Å². The normalized spacial score (nSPS) is 17.2. The molecular weight excluding hydrogens is 345 g/mol. The minimum atomic E-state index is -0.409. The number of hydrogen-bond acceptors (Lipinski definition) is 3. The van der Waals surface area contributed by atoms with Crippen LogP contribution in [0.4, 0.5) is 4.39 Å². The second-order valence-corrected chi connectivity index (χ2v) is 6.81. The molecule has 1 aliphatic heterocycles. The van der Waals surface area contributed by atoms with Gasteiger partial charge in [-0.3, -0.25) is 14.5 Å². The number of nitrogens with two attached hydrogens (primary N) is 1. The molecule has 1 saturated heterocycles. The van der Waals surface area contributed by atoms with Crippen LogP contribution in [0.1, 0.15) is 25.3 Å². The lowest BCUT2D eigenvalue weighted by Gasteiger charge is -2.22. The first-order valence-corrected chi connectivity index (χ1v) is 8.83. The summed E-state index contributed by atoms with van der Waals surface area (Å²) in [5.41, 5.74) is 5.70. The van der Waals surface area contributed by atoms with E-state index in [-0.39, 0.29) is 17.6 Å². The second-order valence-electron chi connectivity index (χ2n) is 6.40. The van der Waals surface area contributed by atoms with Gasteiger partial charge in [-0.15, -0.1) is 0 Å². The molecule has 1 heterocycles. The Bertz CT molecular complexity index is 606. The summed E-state index contributed by atoms with van der Waals surface area (Å²) in [5, 5.41) is 0.422. The summed E-state index contributed by atoms with van der Waals surface area (Å²) in [6.45, 7) is 4.75.